The van der Waals surface area contributed by atoms with Crippen molar-refractivity contribution in [2.24, 2.45) is 0 Å². The van der Waals surface area contributed by atoms with Gasteiger partial charge in [-0.1, -0.05) is 267 Å². The zero-order valence-corrected chi connectivity index (χ0v) is 51.9. The number of unbranched alkanes of at least 4 members (excludes halogenated alkanes) is 33. The molecule has 0 aliphatic rings. The summed E-state index contributed by atoms with van der Waals surface area (Å²) in [5, 5.41) is 24.7. The minimum absolute atomic E-state index is 0.0487. The Morgan fingerprint density at radius 1 is 0.481 bits per heavy atom. The summed E-state index contributed by atoms with van der Waals surface area (Å²) in [4.78, 5) is 25.5. The van der Waals surface area contributed by atoms with Gasteiger partial charge in [0, 0.05) is 6.42 Å². The lowest BCUT2D eigenvalue weighted by atomic mass is 10.0. The first-order valence-electron chi connectivity index (χ1n) is 32.4. The molecule has 0 aromatic carbocycles. The summed E-state index contributed by atoms with van der Waals surface area (Å²) in [5.41, 5.74) is 0. The molecule has 0 radical (unpaired) electrons. The van der Waals surface area contributed by atoms with E-state index in [2.05, 4.69) is 92.1 Å². The highest BCUT2D eigenvalue weighted by Gasteiger charge is 2.29. The Labute approximate surface area is 477 Å². The monoisotopic (exact) mass is 1100 g/mol. The molecule has 9 nitrogen and oxygen atoms in total. The van der Waals surface area contributed by atoms with Gasteiger partial charge in [0.05, 0.1) is 39.9 Å². The smallest absolute Gasteiger partial charge is 0.268 e. The van der Waals surface area contributed by atoms with Gasteiger partial charge >= 0.3 is 0 Å². The number of amides is 1. The first-order valence-corrected chi connectivity index (χ1v) is 33.8. The van der Waals surface area contributed by atoms with E-state index in [1.165, 1.54) is 180 Å². The van der Waals surface area contributed by atoms with Crippen LogP contribution in [0.25, 0.3) is 0 Å². The van der Waals surface area contributed by atoms with Crippen LogP contribution in [0.1, 0.15) is 290 Å². The fraction of sp³-hybridized carbons (Fsp3) is 0.806. The summed E-state index contributed by atoms with van der Waals surface area (Å²) < 4.78 is 23.3. The molecule has 0 spiro atoms. The Bertz CT molecular complexity index is 1500. The highest BCUT2D eigenvalue weighted by Crippen LogP contribution is 2.38. The molecular formula is C67H125N2O7P. The van der Waals surface area contributed by atoms with E-state index in [0.29, 0.717) is 30.3 Å². The number of phosphoric ester groups is 1. The molecule has 0 saturated carbocycles. The average Bonchev–Trinajstić information content (AvgIpc) is 3.39. The second-order valence-corrected chi connectivity index (χ2v) is 24.6. The Kier molecular flexibility index (Phi) is 55.6. The predicted octanol–water partition coefficient (Wildman–Crippen LogP) is 18.6. The SMILES string of the molecule is CC/C=C\C/C=C\C/C=C\C/C=C\CCCCCCCCCCCCCCCCCCCCCCCCCCCCCCC(=O)NC(COP(=O)([O-])OCC[N+](C)(C)C)C(O)C(O)CCC/C=C/CC/C=C/CCCCC. The number of hydrogen-bond donors (Lipinski definition) is 3. The molecule has 0 aliphatic carbocycles. The molecule has 0 saturated heterocycles. The molecule has 0 aliphatic heterocycles. The van der Waals surface area contributed by atoms with Crippen molar-refractivity contribution in [1.29, 1.82) is 0 Å². The highest BCUT2D eigenvalue weighted by atomic mass is 31.2. The molecule has 0 aromatic rings. The van der Waals surface area contributed by atoms with Crippen LogP contribution < -0.4 is 10.2 Å². The number of aliphatic hydroxyl groups excluding tert-OH is 2. The summed E-state index contributed by atoms with van der Waals surface area (Å²) in [7, 11) is 1.10. The number of carbonyl (C=O) groups is 1. The second-order valence-electron chi connectivity index (χ2n) is 23.2. The molecule has 1 amide bonds. The molecule has 0 aromatic heterocycles. The third-order valence-corrected chi connectivity index (χ3v) is 15.5. The molecule has 0 bridgehead atoms. The predicted molar refractivity (Wildman–Crippen MR) is 331 cm³/mol. The van der Waals surface area contributed by atoms with Crippen molar-refractivity contribution < 1.29 is 38.0 Å². The van der Waals surface area contributed by atoms with Crippen molar-refractivity contribution >= 4 is 13.7 Å². The molecule has 4 atom stereocenters. The Balaban J connectivity index is 3.91. The quantitative estimate of drug-likeness (QED) is 0.0239. The van der Waals surface area contributed by atoms with Crippen LogP contribution in [0.2, 0.25) is 0 Å². The number of nitrogens with one attached hydrogen (secondary N) is 1. The summed E-state index contributed by atoms with van der Waals surface area (Å²) in [5.74, 6) is -0.289. The number of nitrogens with zero attached hydrogens (tertiary/aromatic N) is 1. The van der Waals surface area contributed by atoms with E-state index in [9.17, 15) is 24.5 Å². The van der Waals surface area contributed by atoms with Crippen LogP contribution in [0.5, 0.6) is 0 Å². The lowest BCUT2D eigenvalue weighted by Gasteiger charge is -2.31. The molecule has 77 heavy (non-hydrogen) atoms. The molecular weight excluding hydrogens is 976 g/mol. The number of phosphoric acid groups is 1. The van der Waals surface area contributed by atoms with Crippen molar-refractivity contribution in [3.63, 3.8) is 0 Å². The van der Waals surface area contributed by atoms with Gasteiger partial charge in [-0.2, -0.15) is 0 Å². The number of quaternary nitrogens is 1. The van der Waals surface area contributed by atoms with Crippen LogP contribution in [0.15, 0.2) is 72.9 Å². The lowest BCUT2D eigenvalue weighted by molar-refractivity contribution is -0.870. The van der Waals surface area contributed by atoms with Crippen molar-refractivity contribution in [3.05, 3.63) is 72.9 Å². The van der Waals surface area contributed by atoms with Crippen LogP contribution in [0.4, 0.5) is 0 Å². The van der Waals surface area contributed by atoms with Gasteiger partial charge < -0.3 is 34.0 Å². The molecule has 450 valence electrons. The standard InChI is InChI=1S/C67H125N2O7P/c1-6-8-10-12-14-16-18-20-21-22-23-24-25-26-27-28-29-30-31-32-33-34-35-36-37-38-39-40-41-42-43-44-45-46-47-48-50-52-54-56-58-60-66(71)68-64(63-76-77(73,74)75-62-61-69(3,4)5)67(72)65(70)59-57-55-53-51-49-19-17-15-13-11-9-7-2/h8,10,14-17,20-21,23-24,51,53,64-65,67,70,72H,6-7,9,11-13,18-19,22,25-50,52,54-63H2,1-5H3,(H-,68,71,73,74)/b10-8-,16-14-,17-15+,21-20-,24-23-,53-51+. The van der Waals surface area contributed by atoms with Gasteiger partial charge in [0.2, 0.25) is 5.91 Å². The molecule has 0 fully saturated rings. The van der Waals surface area contributed by atoms with Crippen LogP contribution >= 0.6 is 7.82 Å². The topological polar surface area (TPSA) is 128 Å². The molecule has 4 unspecified atom stereocenters. The Hall–Kier alpha value is -2.10. The van der Waals surface area contributed by atoms with Crippen LogP contribution in [-0.4, -0.2) is 79.8 Å². The third kappa shape index (κ3) is 58.4. The van der Waals surface area contributed by atoms with Crippen LogP contribution in [0, 0.1) is 0 Å². The van der Waals surface area contributed by atoms with Crippen LogP contribution in [0.3, 0.4) is 0 Å². The molecule has 3 N–H and O–H groups in total. The van der Waals surface area contributed by atoms with Crippen molar-refractivity contribution in [1.82, 2.24) is 5.32 Å². The summed E-state index contributed by atoms with van der Waals surface area (Å²) in [6.07, 6.45) is 76.0. The van der Waals surface area contributed by atoms with E-state index >= 15 is 0 Å². The molecule has 10 heteroatoms. The van der Waals surface area contributed by atoms with Gasteiger partial charge in [-0.25, -0.2) is 0 Å². The molecule has 0 rings (SSSR count). The van der Waals surface area contributed by atoms with E-state index in [1.54, 1.807) is 0 Å². The summed E-state index contributed by atoms with van der Waals surface area (Å²) >= 11 is 0. The normalized spacial score (nSPS) is 14.6. The highest BCUT2D eigenvalue weighted by molar-refractivity contribution is 7.45. The summed E-state index contributed by atoms with van der Waals surface area (Å²) in [6, 6.07) is -1.10. The van der Waals surface area contributed by atoms with Gasteiger partial charge in [-0.15, -0.1) is 0 Å². The Morgan fingerprint density at radius 3 is 1.25 bits per heavy atom. The number of likely N-dealkylation sites (N-methyl/N-ethyl adjacent to an activating group) is 1. The van der Waals surface area contributed by atoms with E-state index in [4.69, 9.17) is 9.05 Å². The van der Waals surface area contributed by atoms with E-state index in [1.807, 2.05) is 21.1 Å². The van der Waals surface area contributed by atoms with Gasteiger partial charge in [-0.3, -0.25) is 9.36 Å². The maximum atomic E-state index is 13.0. The largest absolute Gasteiger partial charge is 0.756 e. The fourth-order valence-corrected chi connectivity index (χ4v) is 10.2. The first kappa shape index (κ1) is 74.9. The van der Waals surface area contributed by atoms with E-state index < -0.39 is 32.7 Å². The minimum atomic E-state index is -4.68. The van der Waals surface area contributed by atoms with Gasteiger partial charge in [0.25, 0.3) is 7.82 Å². The van der Waals surface area contributed by atoms with Crippen molar-refractivity contribution in [2.45, 2.75) is 308 Å². The van der Waals surface area contributed by atoms with Crippen LogP contribution in [-0.2, 0) is 18.4 Å². The zero-order valence-electron chi connectivity index (χ0n) is 51.0. The number of carbonyl (C=O) groups excluding carboxylic acids is 1. The number of rotatable bonds is 59. The molecule has 0 heterocycles. The Morgan fingerprint density at radius 2 is 0.831 bits per heavy atom. The van der Waals surface area contributed by atoms with Gasteiger partial charge in [0.1, 0.15) is 19.3 Å². The van der Waals surface area contributed by atoms with Crippen molar-refractivity contribution in [2.75, 3.05) is 40.9 Å². The van der Waals surface area contributed by atoms with E-state index in [-0.39, 0.29) is 18.9 Å². The maximum Gasteiger partial charge on any atom is 0.268 e. The second kappa shape index (κ2) is 57.1. The van der Waals surface area contributed by atoms with Crippen molar-refractivity contribution in [3.8, 4) is 0 Å². The zero-order chi connectivity index (χ0) is 56.4. The maximum absolute atomic E-state index is 13.0. The fourth-order valence-electron chi connectivity index (χ4n) is 9.44. The van der Waals surface area contributed by atoms with Gasteiger partial charge in [-0.05, 0) is 89.9 Å². The average molecular weight is 1100 g/mol. The summed E-state index contributed by atoms with van der Waals surface area (Å²) in [6.45, 7) is 4.28. The number of allylic oxidation sites excluding steroid dienone is 12. The minimum Gasteiger partial charge on any atom is -0.756 e. The number of hydrogen-bond acceptors (Lipinski definition) is 7. The number of aliphatic hydroxyl groups is 2. The van der Waals surface area contributed by atoms with Gasteiger partial charge in [0.15, 0.2) is 0 Å². The lowest BCUT2D eigenvalue weighted by Crippen LogP contribution is -2.51. The first-order chi connectivity index (χ1) is 37.4. The third-order valence-electron chi connectivity index (χ3n) is 14.5. The van der Waals surface area contributed by atoms with E-state index in [0.717, 1.165) is 70.6 Å².